The zero-order chi connectivity index (χ0) is 79.6. The van der Waals surface area contributed by atoms with Crippen molar-refractivity contribution in [2.45, 2.75) is 208 Å². The molecule has 0 aromatic heterocycles. The van der Waals surface area contributed by atoms with E-state index in [1.807, 2.05) is 109 Å². The second-order valence-electron chi connectivity index (χ2n) is 28.1. The minimum absolute atomic E-state index is 0. The van der Waals surface area contributed by atoms with Gasteiger partial charge in [-0.1, -0.05) is 201 Å². The van der Waals surface area contributed by atoms with Crippen molar-refractivity contribution in [3.8, 4) is 23.7 Å². The molecule has 17 heteroatoms. The van der Waals surface area contributed by atoms with Crippen LogP contribution < -0.4 is 9.80 Å². The fourth-order valence-corrected chi connectivity index (χ4v) is 15.3. The number of hydrogen-bond donors (Lipinski definition) is 2. The van der Waals surface area contributed by atoms with Crippen LogP contribution in [0, 0.1) is 98.1 Å². The van der Waals surface area contributed by atoms with Gasteiger partial charge in [-0.15, -0.1) is 6.58 Å². The predicted molar refractivity (Wildman–Crippen MR) is 456 cm³/mol. The van der Waals surface area contributed by atoms with Crippen LogP contribution in [0.2, 0.25) is 0 Å². The number of aliphatic hydroxyl groups excluding tert-OH is 2. The summed E-state index contributed by atoms with van der Waals surface area (Å²) in [7, 11) is 14.5. The molecular weight excluding hydrogens is 1520 g/mol. The predicted octanol–water partition coefficient (Wildman–Crippen LogP) is 19.7. The number of fused-ring (bicyclic) bond motifs is 4. The summed E-state index contributed by atoms with van der Waals surface area (Å²) in [6, 6.07) is 26.9. The monoisotopic (exact) mass is 1640 g/mol. The van der Waals surface area contributed by atoms with Crippen LogP contribution in [0.4, 0.5) is 11.4 Å². The average molecular weight is 1640 g/mol. The Hall–Kier alpha value is -7.71. The molecule has 4 aromatic carbocycles. The van der Waals surface area contributed by atoms with Crippen molar-refractivity contribution in [3.05, 3.63) is 265 Å². The number of carbonyl (C=O) groups is 2. The van der Waals surface area contributed by atoms with Crippen molar-refractivity contribution in [1.82, 2.24) is 0 Å². The van der Waals surface area contributed by atoms with Crippen molar-refractivity contribution in [1.29, 1.82) is 0 Å². The van der Waals surface area contributed by atoms with Gasteiger partial charge in [0.25, 0.3) is 0 Å². The molecule has 5 aliphatic heterocycles. The molecule has 12 atom stereocenters. The number of halogens is 2. The second-order valence-corrected chi connectivity index (χ2v) is 33.8. The summed E-state index contributed by atoms with van der Waals surface area (Å²) in [5.74, 6) is 10.3. The van der Waals surface area contributed by atoms with Crippen LogP contribution in [-0.4, -0.2) is 129 Å². The molecule has 14 nitrogen and oxygen atoms in total. The Kier molecular flexibility index (Phi) is 47.5. The zero-order valence-corrected chi connectivity index (χ0v) is 70.0. The van der Waals surface area contributed by atoms with E-state index in [0.717, 1.165) is 79.5 Å². The molecule has 2 N–H and O–H groups in total. The number of hydrogen-bond acceptors (Lipinski definition) is 14. The Labute approximate surface area is 679 Å². The molecule has 5 heterocycles. The first-order valence-corrected chi connectivity index (χ1v) is 42.6. The normalized spacial score (nSPS) is 23.4. The molecule has 5 aliphatic rings. The fraction of sp³-hybridized carbons (Fsp3) is 0.426. The van der Waals surface area contributed by atoms with E-state index in [9.17, 15) is 19.8 Å². The molecule has 0 amide bonds. The van der Waals surface area contributed by atoms with Crippen molar-refractivity contribution in [2.24, 2.45) is 11.8 Å². The van der Waals surface area contributed by atoms with Gasteiger partial charge < -0.3 is 65.3 Å². The third kappa shape index (κ3) is 38.1. The first-order valence-electron chi connectivity index (χ1n) is 37.2. The molecule has 0 radical (unpaired) electrons. The van der Waals surface area contributed by atoms with E-state index in [-0.39, 0.29) is 65.1 Å². The Morgan fingerprint density at radius 3 is 1.45 bits per heavy atom. The molecular formula is C94H122Cl2N2O12Ru-2. The fourth-order valence-electron chi connectivity index (χ4n) is 13.5. The molecule has 9 rings (SSSR count). The van der Waals surface area contributed by atoms with Gasteiger partial charge in [0.1, 0.15) is 38.0 Å². The van der Waals surface area contributed by atoms with Gasteiger partial charge in [-0.05, 0) is 158 Å². The quantitative estimate of drug-likeness (QED) is 0.0180. The molecule has 1 fully saturated rings. The van der Waals surface area contributed by atoms with Gasteiger partial charge in [-0.25, -0.2) is 9.59 Å². The summed E-state index contributed by atoms with van der Waals surface area (Å²) < 4.78 is 47.1. The molecule has 0 saturated carbocycles. The van der Waals surface area contributed by atoms with Gasteiger partial charge in [-0.2, -0.15) is 6.67 Å². The molecule has 4 bridgehead atoms. The third-order valence-electron chi connectivity index (χ3n) is 18.0. The van der Waals surface area contributed by atoms with E-state index in [2.05, 4.69) is 182 Å². The molecule has 0 unspecified atom stereocenters. The van der Waals surface area contributed by atoms with Crippen LogP contribution in [-0.2, 0) is 61.0 Å². The first-order chi connectivity index (χ1) is 52.3. The summed E-state index contributed by atoms with van der Waals surface area (Å²) in [6.07, 6.45) is 24.4. The van der Waals surface area contributed by atoms with Crippen LogP contribution in [0.5, 0.6) is 0 Å². The van der Waals surface area contributed by atoms with Crippen LogP contribution in [0.1, 0.15) is 148 Å². The molecule has 604 valence electrons. The standard InChI is InChI=1S/C33H42O6.C26H36O6.C21H27N2.C7H6.C5H4.CH4.CH3.2ClH.Ru/c1-24-9-5-10-27(20-24)17-18-31(34)32-15-7-13-29(37-23-36-4)21-25(2)19-26(3)22-30-14-6-11-28(38-30)12-8-16-33(35)39-32;1-5-24(27)25-13-7-11-22(30-18-29-4)16-19(2)15-20(3)17-23-12-6-9-21(31-23)10-8-14-26(28)32-25;1-14-9-16(3)20(17(4)10-14)22-7-8-23(13-22)21-18(5)11-15(2)12-19(21)6;1-7-5-3-2-4-6-7;1-3-5-4-2;;;;;/h5-7,9-11,13,17-18,20,26,28-32,34H,2,12,14-15,19,21-23H2,1,3-4H3;5-7,9,11,20-25,27H,1-2,10,12-13,15-18H2,3-4H3;9-13H,7-8H2,1-6H3;1-6H;1-2H2;1H4;1H3;2*1H;/q;;-1;;;;-1;;;+2/p-2/b13-7+,18-17+;11-7+;;;;;;;;/t26-,28-,29+,30-,31-,32-;20-,21-,22+,23-,24-,25-;;;;;;;;/m00......../s1. The number of carbonyl (C=O) groups excluding carboxylic acids is 2. The molecule has 111 heavy (non-hydrogen) atoms. The Bertz CT molecular complexity index is 3900. The zero-order valence-electron chi connectivity index (χ0n) is 66.8. The number of benzene rings is 4. The van der Waals surface area contributed by atoms with Crippen molar-refractivity contribution < 1.29 is 71.2 Å². The van der Waals surface area contributed by atoms with Crippen LogP contribution in [0.3, 0.4) is 0 Å². The number of esters is 2. The van der Waals surface area contributed by atoms with Gasteiger partial charge in [0.2, 0.25) is 0 Å². The van der Waals surface area contributed by atoms with Crippen LogP contribution in [0.15, 0.2) is 201 Å². The Morgan fingerprint density at radius 2 is 1.05 bits per heavy atom. The average Bonchev–Trinajstić information content (AvgIpc) is 1.65. The van der Waals surface area contributed by atoms with E-state index in [4.69, 9.17) is 57.3 Å². The van der Waals surface area contributed by atoms with Gasteiger partial charge in [-0.3, -0.25) is 0 Å². The number of aliphatic hydroxyl groups is 2. The number of cyclic esters (lactones) is 2. The van der Waals surface area contributed by atoms with E-state index >= 15 is 0 Å². The first kappa shape index (κ1) is 97.5. The van der Waals surface area contributed by atoms with E-state index < -0.39 is 49.9 Å². The molecule has 1 saturated heterocycles. The maximum atomic E-state index is 12.6. The Balaban J connectivity index is 0.000000398. The SMILES string of the molecule is C.C=C1C[C@H](C)C[C@@H]2CC=C[C@@H](CC#CC(=O)O[C@H]([C@@H](O)/C=C/c3cccc(C)c3)C/C=C/[C@@H](OCOC)C1)O2.C=C=C=C=C.C=C[C@H](O)[C@@H]1C/C=C/[C@@H](OCOC)CC(=C)C[C@H](C)C[C@@H]2CC=C[C@@H](CC#CC(=O)O1)O2.Cc1cc(C)c(N2[CH-]N(c3c(C)cc(C)cc3C)CC2)c(C)c1.[CH3-].[Cl][Ru]([Cl])=[CH]c1ccccc1. The summed E-state index contributed by atoms with van der Waals surface area (Å²) in [5, 5.41) is 21.1. The van der Waals surface area contributed by atoms with E-state index in [0.29, 0.717) is 50.4 Å². The van der Waals surface area contributed by atoms with Gasteiger partial charge in [0.05, 0.1) is 36.6 Å². The van der Waals surface area contributed by atoms with Crippen LogP contribution in [0.25, 0.3) is 6.08 Å². The number of aryl methyl sites for hydroxylation is 7. The molecule has 0 aliphatic carbocycles. The molecule has 0 spiro atoms. The number of anilines is 2. The summed E-state index contributed by atoms with van der Waals surface area (Å²) in [5.41, 5.74) is 23.3. The van der Waals surface area contributed by atoms with Gasteiger partial charge >= 0.3 is 85.3 Å². The number of ether oxygens (including phenoxy) is 8. The number of rotatable bonds is 14. The number of methoxy groups -OCH3 is 2. The Morgan fingerprint density at radius 1 is 0.613 bits per heavy atom. The third-order valence-corrected chi connectivity index (χ3v) is 19.8. The van der Waals surface area contributed by atoms with Gasteiger partial charge in [0, 0.05) is 76.2 Å². The van der Waals surface area contributed by atoms with E-state index in [1.165, 1.54) is 50.8 Å². The van der Waals surface area contributed by atoms with E-state index in [1.54, 1.807) is 20.3 Å². The maximum absolute atomic E-state index is 12.6. The summed E-state index contributed by atoms with van der Waals surface area (Å²) in [6.45, 7) is 42.9. The minimum atomic E-state index is -1.61. The molecule has 4 aromatic rings. The summed E-state index contributed by atoms with van der Waals surface area (Å²) >= 11 is -1.61. The topological polar surface area (TPSA) is 155 Å². The van der Waals surface area contributed by atoms with Crippen molar-refractivity contribution in [3.63, 3.8) is 0 Å². The van der Waals surface area contributed by atoms with Gasteiger partial charge in [0.15, 0.2) is 0 Å². The van der Waals surface area contributed by atoms with Crippen LogP contribution >= 0.6 is 19.4 Å². The number of nitrogens with zero attached hydrogens (tertiary/aromatic N) is 2. The summed E-state index contributed by atoms with van der Waals surface area (Å²) in [4.78, 5) is 29.6. The second kappa shape index (κ2) is 54.1. The van der Waals surface area contributed by atoms with Crippen molar-refractivity contribution in [2.75, 3.05) is 50.7 Å². The van der Waals surface area contributed by atoms with Crippen molar-refractivity contribution >= 4 is 53.4 Å².